The summed E-state index contributed by atoms with van der Waals surface area (Å²) in [6, 6.07) is 0. The molecule has 3 heteroatoms. The second-order valence-electron chi connectivity index (χ2n) is 4.03. The average molecular weight is 179 g/mol. The zero-order valence-corrected chi connectivity index (χ0v) is 8.16. The van der Waals surface area contributed by atoms with Gasteiger partial charge in [-0.25, -0.2) is 4.98 Å². The zero-order valence-electron chi connectivity index (χ0n) is 8.16. The molecule has 0 radical (unpaired) electrons. The van der Waals surface area contributed by atoms with Crippen LogP contribution in [-0.4, -0.2) is 35.0 Å². The van der Waals surface area contributed by atoms with Gasteiger partial charge in [0, 0.05) is 31.4 Å². The number of aromatic nitrogens is 2. The first-order chi connectivity index (χ1) is 6.34. The molecule has 1 aromatic heterocycles. The third-order valence-electron chi connectivity index (χ3n) is 2.58. The van der Waals surface area contributed by atoms with E-state index in [-0.39, 0.29) is 0 Å². The molecule has 0 saturated heterocycles. The summed E-state index contributed by atoms with van der Waals surface area (Å²) in [6.45, 7) is 2.41. The smallest absolute Gasteiger partial charge is 0.0921 e. The fourth-order valence-electron chi connectivity index (χ4n) is 1.57. The van der Waals surface area contributed by atoms with Crippen LogP contribution in [-0.2, 0) is 6.42 Å². The van der Waals surface area contributed by atoms with Gasteiger partial charge in [-0.3, -0.25) is 0 Å². The van der Waals surface area contributed by atoms with Crippen molar-refractivity contribution in [3.63, 3.8) is 0 Å². The molecule has 1 aliphatic carbocycles. The van der Waals surface area contributed by atoms with Gasteiger partial charge >= 0.3 is 0 Å². The first-order valence-corrected chi connectivity index (χ1v) is 5.00. The van der Waals surface area contributed by atoms with Gasteiger partial charge in [-0.05, 0) is 25.8 Å². The Morgan fingerprint density at radius 2 is 2.46 bits per heavy atom. The molecule has 1 aliphatic rings. The van der Waals surface area contributed by atoms with Crippen LogP contribution in [0.15, 0.2) is 12.5 Å². The van der Waals surface area contributed by atoms with Crippen molar-refractivity contribution in [1.82, 2.24) is 14.9 Å². The van der Waals surface area contributed by atoms with Gasteiger partial charge < -0.3 is 9.88 Å². The highest BCUT2D eigenvalue weighted by molar-refractivity contribution is 4.94. The van der Waals surface area contributed by atoms with Crippen molar-refractivity contribution in [2.24, 2.45) is 5.92 Å². The molecule has 1 heterocycles. The van der Waals surface area contributed by atoms with Gasteiger partial charge in [0.15, 0.2) is 0 Å². The molecule has 2 rings (SSSR count). The fraction of sp³-hybridized carbons (Fsp3) is 0.700. The topological polar surface area (TPSA) is 31.9 Å². The maximum absolute atomic E-state index is 4.00. The highest BCUT2D eigenvalue weighted by atomic mass is 15.1. The van der Waals surface area contributed by atoms with Gasteiger partial charge in [-0.15, -0.1) is 0 Å². The second kappa shape index (κ2) is 3.92. The van der Waals surface area contributed by atoms with Crippen LogP contribution in [0, 0.1) is 5.92 Å². The molecule has 72 valence electrons. The van der Waals surface area contributed by atoms with Crippen LogP contribution in [0.2, 0.25) is 0 Å². The molecule has 0 bridgehead atoms. The van der Waals surface area contributed by atoms with Crippen molar-refractivity contribution in [3.8, 4) is 0 Å². The van der Waals surface area contributed by atoms with Crippen LogP contribution in [0.25, 0.3) is 0 Å². The molecule has 1 fully saturated rings. The minimum absolute atomic E-state index is 0.992. The van der Waals surface area contributed by atoms with Crippen LogP contribution in [0.5, 0.6) is 0 Å². The Morgan fingerprint density at radius 3 is 3.08 bits per heavy atom. The molecular formula is C10H17N3. The number of rotatable bonds is 5. The quantitative estimate of drug-likeness (QED) is 0.738. The van der Waals surface area contributed by atoms with E-state index in [1.165, 1.54) is 25.1 Å². The third kappa shape index (κ3) is 2.84. The molecule has 1 N–H and O–H groups in total. The largest absolute Gasteiger partial charge is 0.348 e. The first-order valence-electron chi connectivity index (χ1n) is 5.00. The van der Waals surface area contributed by atoms with Gasteiger partial charge in [-0.1, -0.05) is 0 Å². The average Bonchev–Trinajstić information content (AvgIpc) is 2.78. The highest BCUT2D eigenvalue weighted by Gasteiger charge is 2.22. The number of hydrogen-bond acceptors (Lipinski definition) is 2. The molecule has 1 aromatic rings. The lowest BCUT2D eigenvalue weighted by Crippen LogP contribution is -2.23. The standard InChI is InChI=1S/C10H17N3/c1-13(7-9-2-3-9)5-4-10-6-11-8-12-10/h6,8-9H,2-5,7H2,1H3,(H,11,12). The van der Waals surface area contributed by atoms with Crippen LogP contribution in [0.1, 0.15) is 18.5 Å². The number of hydrogen-bond donors (Lipinski definition) is 1. The predicted octanol–water partition coefficient (Wildman–Crippen LogP) is 1.29. The summed E-state index contributed by atoms with van der Waals surface area (Å²) in [6.07, 6.45) is 7.62. The monoisotopic (exact) mass is 179 g/mol. The molecule has 0 aliphatic heterocycles. The number of nitrogens with one attached hydrogen (secondary N) is 1. The lowest BCUT2D eigenvalue weighted by molar-refractivity contribution is 0.323. The van der Waals surface area contributed by atoms with Crippen LogP contribution in [0.4, 0.5) is 0 Å². The van der Waals surface area contributed by atoms with E-state index >= 15 is 0 Å². The van der Waals surface area contributed by atoms with Crippen molar-refractivity contribution >= 4 is 0 Å². The Labute approximate surface area is 79.2 Å². The minimum atomic E-state index is 0.992. The molecule has 0 spiro atoms. The van der Waals surface area contributed by atoms with Crippen molar-refractivity contribution in [2.45, 2.75) is 19.3 Å². The summed E-state index contributed by atoms with van der Waals surface area (Å²) in [5.41, 5.74) is 1.24. The van der Waals surface area contributed by atoms with Gasteiger partial charge in [0.1, 0.15) is 0 Å². The number of H-pyrrole nitrogens is 1. The summed E-state index contributed by atoms with van der Waals surface area (Å²) >= 11 is 0. The van der Waals surface area contributed by atoms with Gasteiger partial charge in [0.05, 0.1) is 6.33 Å². The summed E-state index contributed by atoms with van der Waals surface area (Å²) in [7, 11) is 2.20. The van der Waals surface area contributed by atoms with Gasteiger partial charge in [0.2, 0.25) is 0 Å². The molecule has 0 amide bonds. The van der Waals surface area contributed by atoms with E-state index in [0.29, 0.717) is 0 Å². The summed E-state index contributed by atoms with van der Waals surface area (Å²) in [5, 5.41) is 0. The van der Waals surface area contributed by atoms with E-state index in [9.17, 15) is 0 Å². The second-order valence-corrected chi connectivity index (χ2v) is 4.03. The molecule has 0 atom stereocenters. The molecule has 1 saturated carbocycles. The molecule has 0 aromatic carbocycles. The van der Waals surface area contributed by atoms with E-state index in [1.807, 2.05) is 6.20 Å². The maximum atomic E-state index is 4.00. The SMILES string of the molecule is CN(CCc1cnc[nH]1)CC1CC1. The van der Waals surface area contributed by atoms with Crippen LogP contribution >= 0.6 is 0 Å². The molecular weight excluding hydrogens is 162 g/mol. The van der Waals surface area contributed by atoms with E-state index in [2.05, 4.69) is 21.9 Å². The highest BCUT2D eigenvalue weighted by Crippen LogP contribution is 2.29. The third-order valence-corrected chi connectivity index (χ3v) is 2.58. The normalized spacial score (nSPS) is 16.8. The van der Waals surface area contributed by atoms with E-state index in [0.717, 1.165) is 18.9 Å². The predicted molar refractivity (Wildman–Crippen MR) is 52.5 cm³/mol. The van der Waals surface area contributed by atoms with Crippen LogP contribution in [0.3, 0.4) is 0 Å². The Bertz CT molecular complexity index is 239. The minimum Gasteiger partial charge on any atom is -0.348 e. The van der Waals surface area contributed by atoms with Gasteiger partial charge in [0.25, 0.3) is 0 Å². The Balaban J connectivity index is 1.66. The van der Waals surface area contributed by atoms with Crippen molar-refractivity contribution < 1.29 is 0 Å². The van der Waals surface area contributed by atoms with Crippen LogP contribution < -0.4 is 0 Å². The molecule has 13 heavy (non-hydrogen) atoms. The Hall–Kier alpha value is -0.830. The summed E-state index contributed by atoms with van der Waals surface area (Å²) < 4.78 is 0. The summed E-state index contributed by atoms with van der Waals surface area (Å²) in [4.78, 5) is 9.54. The molecule has 0 unspecified atom stereocenters. The zero-order chi connectivity index (χ0) is 9.10. The van der Waals surface area contributed by atoms with Crippen molar-refractivity contribution in [3.05, 3.63) is 18.2 Å². The fourth-order valence-corrected chi connectivity index (χ4v) is 1.57. The lowest BCUT2D eigenvalue weighted by Gasteiger charge is -2.14. The number of aromatic amines is 1. The molecule has 3 nitrogen and oxygen atoms in total. The van der Waals surface area contributed by atoms with E-state index in [1.54, 1.807) is 6.33 Å². The Morgan fingerprint density at radius 1 is 1.62 bits per heavy atom. The van der Waals surface area contributed by atoms with E-state index < -0.39 is 0 Å². The number of nitrogens with zero attached hydrogens (tertiary/aromatic N) is 2. The Kier molecular flexibility index (Phi) is 2.64. The number of imidazole rings is 1. The summed E-state index contributed by atoms with van der Waals surface area (Å²) in [5.74, 6) is 0.992. The number of likely N-dealkylation sites (N-methyl/N-ethyl adjacent to an activating group) is 1. The lowest BCUT2D eigenvalue weighted by atomic mass is 10.3. The van der Waals surface area contributed by atoms with Crippen molar-refractivity contribution in [2.75, 3.05) is 20.1 Å². The van der Waals surface area contributed by atoms with Gasteiger partial charge in [-0.2, -0.15) is 0 Å². The van der Waals surface area contributed by atoms with E-state index in [4.69, 9.17) is 0 Å². The maximum Gasteiger partial charge on any atom is 0.0921 e. The first kappa shape index (κ1) is 8.75. The van der Waals surface area contributed by atoms with Crippen molar-refractivity contribution in [1.29, 1.82) is 0 Å².